The molecular formula is CH4ClKO2S. The van der Waals surface area contributed by atoms with Crippen molar-refractivity contribution in [3.63, 3.8) is 0 Å². The molecule has 0 saturated carbocycles. The first-order chi connectivity index (χ1) is 1.73. The molecule has 6 heavy (non-hydrogen) atoms. The third-order valence-corrected chi connectivity index (χ3v) is 0. The summed E-state index contributed by atoms with van der Waals surface area (Å²) in [5.74, 6) is 0. The second kappa shape index (κ2) is 10.1. The topological polar surface area (TPSA) is 40.1 Å². The van der Waals surface area contributed by atoms with E-state index >= 15 is 0 Å². The molecule has 0 amide bonds. The monoisotopic (exact) mass is 154 g/mol. The molecule has 0 aliphatic carbocycles. The number of rotatable bonds is 0. The Hall–Kier alpha value is 2.04. The number of hydrogen-bond acceptors (Lipinski definition) is 2. The van der Waals surface area contributed by atoms with E-state index in [0.29, 0.717) is 0 Å². The molecule has 0 aromatic rings. The predicted molar refractivity (Wildman–Crippen MR) is 22.1 cm³/mol. The van der Waals surface area contributed by atoms with Gasteiger partial charge in [-0.1, -0.05) is 11.1 Å². The molecule has 0 fully saturated rings. The smallest absolute Gasteiger partial charge is 0.773 e. The van der Waals surface area contributed by atoms with Gasteiger partial charge in [0.15, 0.2) is 0 Å². The van der Waals surface area contributed by atoms with Gasteiger partial charge >= 0.3 is 51.4 Å². The van der Waals surface area contributed by atoms with E-state index in [1.165, 1.54) is 0 Å². The number of hydrogen-bond donors (Lipinski definition) is 0. The van der Waals surface area contributed by atoms with Gasteiger partial charge in [-0.3, -0.25) is 4.21 Å². The Morgan fingerprint density at radius 1 is 1.67 bits per heavy atom. The molecule has 2 nitrogen and oxygen atoms in total. The van der Waals surface area contributed by atoms with Crippen LogP contribution in [0.5, 0.6) is 0 Å². The maximum absolute atomic E-state index is 9.00. The zero-order chi connectivity index (χ0) is 3.58. The van der Waals surface area contributed by atoms with E-state index in [2.05, 4.69) is 0 Å². The van der Waals surface area contributed by atoms with Crippen molar-refractivity contribution in [1.82, 2.24) is 0 Å². The molecule has 0 radical (unpaired) electrons. The molecule has 34 valence electrons. The van der Waals surface area contributed by atoms with Crippen molar-refractivity contribution in [2.24, 2.45) is 0 Å². The molecule has 0 aliphatic heterocycles. The van der Waals surface area contributed by atoms with Crippen LogP contribution in [0.25, 0.3) is 0 Å². The Kier molecular flexibility index (Phi) is 26.4. The summed E-state index contributed by atoms with van der Waals surface area (Å²) in [7, 11) is 0. The van der Waals surface area contributed by atoms with Gasteiger partial charge in [-0.05, 0) is 6.26 Å². The van der Waals surface area contributed by atoms with Gasteiger partial charge in [0.25, 0.3) is 0 Å². The van der Waals surface area contributed by atoms with Crippen LogP contribution in [-0.2, 0) is 11.1 Å². The molecule has 0 aromatic heterocycles. The van der Waals surface area contributed by atoms with Crippen molar-refractivity contribution < 1.29 is 60.1 Å². The largest absolute Gasteiger partial charge is 1.00 e. The standard InChI is InChI=1S/CH4O2S.ClH.K/c1-4(2)3;;/h1H3,(H,2,3);1H;/q;;+1/p-1. The third kappa shape index (κ3) is 36.9. The van der Waals surface area contributed by atoms with E-state index in [4.69, 9.17) is 8.76 Å². The quantitative estimate of drug-likeness (QED) is 0.274. The molecule has 0 aliphatic rings. The van der Waals surface area contributed by atoms with Crippen molar-refractivity contribution in [1.29, 1.82) is 0 Å². The first-order valence-electron chi connectivity index (χ1n) is 0.742. The van der Waals surface area contributed by atoms with Crippen molar-refractivity contribution in [2.75, 3.05) is 6.26 Å². The molecule has 0 spiro atoms. The van der Waals surface area contributed by atoms with Gasteiger partial charge in [0.05, 0.1) is 0 Å². The zero-order valence-electron chi connectivity index (χ0n) is 3.63. The van der Waals surface area contributed by atoms with Crippen molar-refractivity contribution >= 4 is 23.5 Å². The van der Waals surface area contributed by atoms with Crippen LogP contribution in [0, 0.1) is 0 Å². The van der Waals surface area contributed by atoms with Gasteiger partial charge in [-0.2, -0.15) is 0 Å². The van der Waals surface area contributed by atoms with Gasteiger partial charge in [0, 0.05) is 0 Å². The molecular weight excluding hydrogens is 151 g/mol. The first kappa shape index (κ1) is 15.7. The molecule has 5 heteroatoms. The second-order valence-corrected chi connectivity index (χ2v) is 1.20. The minimum atomic E-state index is -1.86. The summed E-state index contributed by atoms with van der Waals surface area (Å²) < 4.78 is 18.0. The van der Waals surface area contributed by atoms with Gasteiger partial charge in [0.2, 0.25) is 0 Å². The number of halogens is 1. The minimum Gasteiger partial charge on any atom is -0.773 e. The molecule has 1 atom stereocenters. The average Bonchev–Trinajstić information content (AvgIpc) is 0.811. The van der Waals surface area contributed by atoms with Gasteiger partial charge in [0.1, 0.15) is 0 Å². The van der Waals surface area contributed by atoms with Crippen LogP contribution in [0.15, 0.2) is 0 Å². The Morgan fingerprint density at radius 2 is 1.67 bits per heavy atom. The van der Waals surface area contributed by atoms with Crippen LogP contribution < -0.4 is 51.4 Å². The Morgan fingerprint density at radius 3 is 1.67 bits per heavy atom. The minimum absolute atomic E-state index is 0. The van der Waals surface area contributed by atoms with Gasteiger partial charge in [-0.25, -0.2) is 0 Å². The maximum Gasteiger partial charge on any atom is 1.00 e. The Labute approximate surface area is 88.2 Å². The van der Waals surface area contributed by atoms with Crippen molar-refractivity contribution in [3.05, 3.63) is 0 Å². The predicted octanol–water partition coefficient (Wildman–Crippen LogP) is -3.08. The van der Waals surface area contributed by atoms with Crippen molar-refractivity contribution in [2.45, 2.75) is 0 Å². The fourth-order valence-electron chi connectivity index (χ4n) is 0. The van der Waals surface area contributed by atoms with E-state index in [1.54, 1.807) is 0 Å². The summed E-state index contributed by atoms with van der Waals surface area (Å²) in [6, 6.07) is 0. The summed E-state index contributed by atoms with van der Waals surface area (Å²) in [6.07, 6.45) is 1.08. The van der Waals surface area contributed by atoms with Gasteiger partial charge in [-0.15, -0.1) is 12.4 Å². The Bertz CT molecular complexity index is 36.5. The normalized spacial score (nSPS) is 10.3. The second-order valence-electron chi connectivity index (χ2n) is 0.401. The van der Waals surface area contributed by atoms with E-state index in [9.17, 15) is 0 Å². The Balaban J connectivity index is -0.0000000450. The SMILES string of the molecule is CS(=O)[O-].Cl.[K+]. The summed E-state index contributed by atoms with van der Waals surface area (Å²) >= 11 is -1.86. The van der Waals surface area contributed by atoms with Crippen LogP contribution in [0.3, 0.4) is 0 Å². The van der Waals surface area contributed by atoms with Crippen LogP contribution in [0.2, 0.25) is 0 Å². The summed E-state index contributed by atoms with van der Waals surface area (Å²) in [4.78, 5) is 0. The fraction of sp³-hybridized carbons (Fsp3) is 1.00. The maximum atomic E-state index is 9.00. The van der Waals surface area contributed by atoms with E-state index in [-0.39, 0.29) is 63.8 Å². The first-order valence-corrected chi connectivity index (χ1v) is 2.22. The molecule has 0 aromatic carbocycles. The molecule has 0 heterocycles. The van der Waals surface area contributed by atoms with E-state index < -0.39 is 11.1 Å². The summed E-state index contributed by atoms with van der Waals surface area (Å²) in [5, 5.41) is 0. The van der Waals surface area contributed by atoms with E-state index in [1.807, 2.05) is 0 Å². The van der Waals surface area contributed by atoms with Crippen LogP contribution in [0.1, 0.15) is 0 Å². The fourth-order valence-corrected chi connectivity index (χ4v) is 0. The van der Waals surface area contributed by atoms with Crippen LogP contribution >= 0.6 is 12.4 Å². The molecule has 0 rings (SSSR count). The third-order valence-electron chi connectivity index (χ3n) is 0. The molecule has 0 saturated heterocycles. The zero-order valence-corrected chi connectivity index (χ0v) is 8.39. The van der Waals surface area contributed by atoms with Crippen LogP contribution in [0.4, 0.5) is 0 Å². The molecule has 1 unspecified atom stereocenters. The van der Waals surface area contributed by atoms with E-state index in [0.717, 1.165) is 6.26 Å². The average molecular weight is 155 g/mol. The molecule has 0 N–H and O–H groups in total. The van der Waals surface area contributed by atoms with Crippen molar-refractivity contribution in [3.8, 4) is 0 Å². The summed E-state index contributed by atoms with van der Waals surface area (Å²) in [5.41, 5.74) is 0. The van der Waals surface area contributed by atoms with Gasteiger partial charge < -0.3 is 4.55 Å². The summed E-state index contributed by atoms with van der Waals surface area (Å²) in [6.45, 7) is 0. The van der Waals surface area contributed by atoms with Crippen LogP contribution in [-0.4, -0.2) is 15.0 Å². The molecule has 0 bridgehead atoms.